The molecule has 3 fully saturated rings. The average molecular weight is 1210 g/mol. The number of rotatable bonds is 49. The van der Waals surface area contributed by atoms with E-state index in [1.165, 1.54) is 122 Å². The lowest BCUT2D eigenvalue weighted by atomic mass is 9.96. The third-order valence-corrected chi connectivity index (χ3v) is 16.3. The third-order valence-electron chi connectivity index (χ3n) is 16.3. The zero-order valence-corrected chi connectivity index (χ0v) is 51.8. The maximum Gasteiger partial charge on any atom is 0.220 e. The van der Waals surface area contributed by atoms with Gasteiger partial charge in [0.05, 0.1) is 38.6 Å². The summed E-state index contributed by atoms with van der Waals surface area (Å²) in [7, 11) is 0. The van der Waals surface area contributed by atoms with E-state index in [9.17, 15) is 61.0 Å². The minimum absolute atomic E-state index is 0.225. The molecule has 17 atom stereocenters. The standard InChI is InChI=1S/C66H117NO18/c1-3-5-7-9-11-13-15-17-19-21-23-24-26-28-30-32-34-36-38-40-42-44-54(72)67-49(50(71)43-41-39-37-35-33-31-29-27-25-22-20-18-16-14-12-10-8-6-4-2)48-80-64-60(78)57(75)62(52(46-69)82-64)85-66-61(79)58(76)63(53(47-70)83-66)84-65-59(77)56(74)55(73)51(45-68)81-65/h15,17,21,23,25,27,33,35,41,43,49-53,55-66,68-71,73-79H,3-14,16,18-20,22,24,26,28-32,34,36-40,42,44-48H2,1-2H3,(H,67,72)/b17-15-,23-21-,27-25+,35-33+,43-41+. The molecule has 1 amide bonds. The van der Waals surface area contributed by atoms with Crippen molar-refractivity contribution in [1.82, 2.24) is 5.32 Å². The minimum atomic E-state index is -1.98. The lowest BCUT2D eigenvalue weighted by Gasteiger charge is -2.48. The van der Waals surface area contributed by atoms with Crippen LogP contribution < -0.4 is 5.32 Å². The van der Waals surface area contributed by atoms with Gasteiger partial charge in [0.25, 0.3) is 0 Å². The predicted molar refractivity (Wildman–Crippen MR) is 328 cm³/mol. The quantitative estimate of drug-likeness (QED) is 0.0206. The van der Waals surface area contributed by atoms with Crippen LogP contribution in [0, 0.1) is 0 Å². The second-order valence-electron chi connectivity index (χ2n) is 23.6. The Morgan fingerprint density at radius 3 is 1.25 bits per heavy atom. The third kappa shape index (κ3) is 31.2. The highest BCUT2D eigenvalue weighted by Crippen LogP contribution is 2.33. The SMILES string of the molecule is CCCCCCC/C=C\C/C=C\CCCCCCCCCCCC(=O)NC(COC1OC(CO)C(OC2OC(CO)C(OC3OC(CO)C(O)C(O)C3O)C(O)C2O)C(O)C1O)C(O)/C=C/CC/C=C/CC/C=C/CCCCCCCCCCC. The van der Waals surface area contributed by atoms with E-state index in [-0.39, 0.29) is 18.9 Å². The van der Waals surface area contributed by atoms with Crippen molar-refractivity contribution in [3.8, 4) is 0 Å². The Kier molecular flexibility index (Phi) is 43.7. The van der Waals surface area contributed by atoms with Crippen molar-refractivity contribution in [3.05, 3.63) is 60.8 Å². The van der Waals surface area contributed by atoms with Crippen LogP contribution in [0.4, 0.5) is 0 Å². The molecule has 0 aromatic carbocycles. The number of ether oxygens (including phenoxy) is 6. The number of hydrogen-bond donors (Lipinski definition) is 12. The Labute approximate surface area is 509 Å². The Bertz CT molecular complexity index is 1780. The molecule has 3 aliphatic rings. The van der Waals surface area contributed by atoms with Crippen LogP contribution in [-0.4, -0.2) is 193 Å². The maximum absolute atomic E-state index is 13.4. The Morgan fingerprint density at radius 1 is 0.424 bits per heavy atom. The van der Waals surface area contributed by atoms with E-state index in [1.54, 1.807) is 6.08 Å². The van der Waals surface area contributed by atoms with E-state index >= 15 is 0 Å². The van der Waals surface area contributed by atoms with Crippen LogP contribution in [0.15, 0.2) is 60.8 Å². The molecule has 85 heavy (non-hydrogen) atoms. The van der Waals surface area contributed by atoms with Gasteiger partial charge in [0, 0.05) is 6.42 Å². The van der Waals surface area contributed by atoms with Crippen LogP contribution >= 0.6 is 0 Å². The number of carbonyl (C=O) groups excluding carboxylic acids is 1. The number of aliphatic hydroxyl groups is 11. The van der Waals surface area contributed by atoms with Crippen molar-refractivity contribution in [1.29, 1.82) is 0 Å². The van der Waals surface area contributed by atoms with Crippen LogP contribution in [0.3, 0.4) is 0 Å². The summed E-state index contributed by atoms with van der Waals surface area (Å²) in [6, 6.07) is -1.00. The summed E-state index contributed by atoms with van der Waals surface area (Å²) in [5.74, 6) is -0.295. The molecule has 19 heteroatoms. The fraction of sp³-hybridized carbons (Fsp3) is 0.833. The molecule has 0 aliphatic carbocycles. The van der Waals surface area contributed by atoms with Gasteiger partial charge in [-0.05, 0) is 77.0 Å². The van der Waals surface area contributed by atoms with Gasteiger partial charge in [0.15, 0.2) is 18.9 Å². The summed E-state index contributed by atoms with van der Waals surface area (Å²) in [5.41, 5.74) is 0. The lowest BCUT2D eigenvalue weighted by Crippen LogP contribution is -2.66. The zero-order valence-electron chi connectivity index (χ0n) is 51.8. The maximum atomic E-state index is 13.4. The van der Waals surface area contributed by atoms with E-state index in [0.29, 0.717) is 12.8 Å². The van der Waals surface area contributed by atoms with E-state index in [0.717, 1.165) is 64.2 Å². The first kappa shape index (κ1) is 76.7. The predicted octanol–water partition coefficient (Wildman–Crippen LogP) is 7.60. The summed E-state index contributed by atoms with van der Waals surface area (Å²) in [6.45, 7) is 1.68. The molecule has 0 aromatic heterocycles. The molecule has 494 valence electrons. The first-order valence-electron chi connectivity index (χ1n) is 33.0. The van der Waals surface area contributed by atoms with Crippen LogP contribution in [0.1, 0.15) is 219 Å². The monoisotopic (exact) mass is 1210 g/mol. The number of nitrogens with one attached hydrogen (secondary N) is 1. The second kappa shape index (κ2) is 48.4. The molecule has 0 saturated carbocycles. The molecule has 0 radical (unpaired) electrons. The van der Waals surface area contributed by atoms with Crippen molar-refractivity contribution in [2.75, 3.05) is 26.4 Å². The van der Waals surface area contributed by atoms with Crippen molar-refractivity contribution in [2.45, 2.75) is 324 Å². The highest BCUT2D eigenvalue weighted by Gasteiger charge is 2.53. The Morgan fingerprint density at radius 2 is 0.788 bits per heavy atom. The van der Waals surface area contributed by atoms with E-state index in [4.69, 9.17) is 28.4 Å². The van der Waals surface area contributed by atoms with Gasteiger partial charge in [-0.1, -0.05) is 197 Å². The summed E-state index contributed by atoms with van der Waals surface area (Å²) in [4.78, 5) is 13.4. The van der Waals surface area contributed by atoms with Gasteiger partial charge in [0.2, 0.25) is 5.91 Å². The minimum Gasteiger partial charge on any atom is -0.394 e. The fourth-order valence-corrected chi connectivity index (χ4v) is 10.8. The first-order valence-corrected chi connectivity index (χ1v) is 33.0. The number of unbranched alkanes of at least 4 members (excludes halogenated alkanes) is 25. The van der Waals surface area contributed by atoms with E-state index in [1.807, 2.05) is 6.08 Å². The Balaban J connectivity index is 1.49. The molecule has 3 rings (SSSR count). The summed E-state index contributed by atoms with van der Waals surface area (Å²) in [6.07, 6.45) is 30.5. The number of allylic oxidation sites excluding steroid dienone is 9. The molecular weight excluding hydrogens is 1090 g/mol. The zero-order chi connectivity index (χ0) is 61.9. The molecule has 3 aliphatic heterocycles. The molecule has 0 aromatic rings. The summed E-state index contributed by atoms with van der Waals surface area (Å²) >= 11 is 0. The first-order chi connectivity index (χ1) is 41.3. The van der Waals surface area contributed by atoms with Crippen LogP contribution in [0.25, 0.3) is 0 Å². The Hall–Kier alpha value is -2.51. The van der Waals surface area contributed by atoms with Crippen LogP contribution in [-0.2, 0) is 33.2 Å². The van der Waals surface area contributed by atoms with Crippen molar-refractivity contribution in [2.24, 2.45) is 0 Å². The molecular formula is C66H117NO18. The fourth-order valence-electron chi connectivity index (χ4n) is 10.8. The van der Waals surface area contributed by atoms with Crippen molar-refractivity contribution < 1.29 is 89.4 Å². The van der Waals surface area contributed by atoms with Gasteiger partial charge in [-0.25, -0.2) is 0 Å². The van der Waals surface area contributed by atoms with E-state index in [2.05, 4.69) is 67.8 Å². The largest absolute Gasteiger partial charge is 0.394 e. The number of amides is 1. The van der Waals surface area contributed by atoms with Crippen LogP contribution in [0.2, 0.25) is 0 Å². The van der Waals surface area contributed by atoms with Gasteiger partial charge in [-0.15, -0.1) is 0 Å². The lowest BCUT2D eigenvalue weighted by molar-refractivity contribution is -0.379. The smallest absolute Gasteiger partial charge is 0.220 e. The molecule has 0 spiro atoms. The second-order valence-corrected chi connectivity index (χ2v) is 23.6. The van der Waals surface area contributed by atoms with Gasteiger partial charge in [-0.2, -0.15) is 0 Å². The topological polar surface area (TPSA) is 307 Å². The summed E-state index contributed by atoms with van der Waals surface area (Å²) in [5, 5.41) is 120. The normalized spacial score (nSPS) is 29.4. The number of aliphatic hydroxyl groups excluding tert-OH is 11. The molecule has 0 bridgehead atoms. The highest BCUT2D eigenvalue weighted by molar-refractivity contribution is 5.76. The molecule has 19 nitrogen and oxygen atoms in total. The van der Waals surface area contributed by atoms with Crippen LogP contribution in [0.5, 0.6) is 0 Å². The van der Waals surface area contributed by atoms with Crippen molar-refractivity contribution >= 4 is 5.91 Å². The highest BCUT2D eigenvalue weighted by atomic mass is 16.8. The van der Waals surface area contributed by atoms with Crippen molar-refractivity contribution in [3.63, 3.8) is 0 Å². The van der Waals surface area contributed by atoms with Gasteiger partial charge >= 0.3 is 0 Å². The van der Waals surface area contributed by atoms with E-state index < -0.39 is 124 Å². The molecule has 3 heterocycles. The summed E-state index contributed by atoms with van der Waals surface area (Å²) < 4.78 is 34.3. The van der Waals surface area contributed by atoms with Gasteiger partial charge < -0.3 is 89.9 Å². The number of hydrogen-bond acceptors (Lipinski definition) is 18. The average Bonchev–Trinajstić information content (AvgIpc) is 3.10. The van der Waals surface area contributed by atoms with Gasteiger partial charge in [0.1, 0.15) is 73.2 Å². The number of carbonyl (C=O) groups is 1. The molecule has 3 saturated heterocycles. The molecule has 17 unspecified atom stereocenters. The molecule has 12 N–H and O–H groups in total. The van der Waals surface area contributed by atoms with Gasteiger partial charge in [-0.3, -0.25) is 4.79 Å².